The summed E-state index contributed by atoms with van der Waals surface area (Å²) in [5, 5.41) is 12.7. The number of ether oxygens (including phenoxy) is 2. The van der Waals surface area contributed by atoms with Gasteiger partial charge in [0.15, 0.2) is 22.5 Å². The first-order valence-corrected chi connectivity index (χ1v) is 10.1. The van der Waals surface area contributed by atoms with Crippen molar-refractivity contribution in [3.8, 4) is 22.9 Å². The molecule has 1 aliphatic rings. The Morgan fingerprint density at radius 3 is 2.79 bits per heavy atom. The van der Waals surface area contributed by atoms with Crippen molar-refractivity contribution < 1.29 is 14.3 Å². The van der Waals surface area contributed by atoms with E-state index in [2.05, 4.69) is 22.1 Å². The lowest BCUT2D eigenvalue weighted by Crippen LogP contribution is -2.14. The van der Waals surface area contributed by atoms with Crippen LogP contribution in [-0.4, -0.2) is 33.2 Å². The molecule has 1 N–H and O–H groups in total. The zero-order valence-corrected chi connectivity index (χ0v) is 16.9. The van der Waals surface area contributed by atoms with E-state index in [1.165, 1.54) is 11.8 Å². The average Bonchev–Trinajstić information content (AvgIpc) is 3.34. The van der Waals surface area contributed by atoms with Crippen LogP contribution in [0, 0.1) is 0 Å². The molecule has 0 atom stereocenters. The molecule has 148 valence electrons. The Labute approximate surface area is 176 Å². The molecule has 0 aliphatic carbocycles. The Morgan fingerprint density at radius 2 is 2.00 bits per heavy atom. The second kappa shape index (κ2) is 8.59. The van der Waals surface area contributed by atoms with Crippen LogP contribution in [0.25, 0.3) is 11.4 Å². The van der Waals surface area contributed by atoms with Crippen LogP contribution in [0.15, 0.2) is 60.3 Å². The zero-order valence-electron chi connectivity index (χ0n) is 15.3. The van der Waals surface area contributed by atoms with Crippen molar-refractivity contribution in [3.05, 3.63) is 60.1 Å². The minimum Gasteiger partial charge on any atom is -0.454 e. The highest BCUT2D eigenvalue weighted by Crippen LogP contribution is 2.34. The molecule has 0 saturated carbocycles. The predicted octanol–water partition coefficient (Wildman–Crippen LogP) is 4.24. The van der Waals surface area contributed by atoms with Gasteiger partial charge in [-0.05, 0) is 36.4 Å². The molecule has 0 radical (unpaired) electrons. The van der Waals surface area contributed by atoms with Gasteiger partial charge in [-0.3, -0.25) is 9.36 Å². The molecule has 0 saturated heterocycles. The summed E-state index contributed by atoms with van der Waals surface area (Å²) < 4.78 is 12.5. The molecule has 9 heteroatoms. The van der Waals surface area contributed by atoms with Crippen LogP contribution in [0.2, 0.25) is 5.02 Å². The number of hydrogen-bond donors (Lipinski definition) is 1. The summed E-state index contributed by atoms with van der Waals surface area (Å²) in [6, 6.07) is 12.6. The van der Waals surface area contributed by atoms with Crippen LogP contribution in [0.1, 0.15) is 0 Å². The molecular weight excluding hydrogens is 412 g/mol. The molecule has 29 heavy (non-hydrogen) atoms. The second-order valence-corrected chi connectivity index (χ2v) is 7.50. The lowest BCUT2D eigenvalue weighted by Gasteiger charge is -2.08. The summed E-state index contributed by atoms with van der Waals surface area (Å²) >= 11 is 7.27. The Hall–Kier alpha value is -2.97. The lowest BCUT2D eigenvalue weighted by molar-refractivity contribution is -0.113. The van der Waals surface area contributed by atoms with Gasteiger partial charge in [0.2, 0.25) is 12.7 Å². The fourth-order valence-corrected chi connectivity index (χ4v) is 3.68. The SMILES string of the molecule is C=CCn1c(SCC(=O)Nc2ccc3c(c2)OCO3)nnc1-c1ccc(Cl)cc1. The number of nitrogens with zero attached hydrogens (tertiary/aromatic N) is 3. The summed E-state index contributed by atoms with van der Waals surface area (Å²) in [7, 11) is 0. The average molecular weight is 429 g/mol. The highest BCUT2D eigenvalue weighted by Gasteiger charge is 2.17. The van der Waals surface area contributed by atoms with E-state index in [0.717, 1.165) is 5.56 Å². The minimum absolute atomic E-state index is 0.157. The molecule has 1 aliphatic heterocycles. The van der Waals surface area contributed by atoms with Gasteiger partial charge in [-0.2, -0.15) is 0 Å². The molecule has 0 spiro atoms. The zero-order chi connectivity index (χ0) is 20.2. The van der Waals surface area contributed by atoms with Crippen molar-refractivity contribution >= 4 is 35.0 Å². The largest absolute Gasteiger partial charge is 0.454 e. The number of carbonyl (C=O) groups excluding carboxylic acids is 1. The molecule has 0 bridgehead atoms. The number of carbonyl (C=O) groups is 1. The number of aromatic nitrogens is 3. The number of rotatable bonds is 7. The number of anilines is 1. The van der Waals surface area contributed by atoms with Crippen LogP contribution in [0.5, 0.6) is 11.5 Å². The Morgan fingerprint density at radius 1 is 1.21 bits per heavy atom. The standard InChI is InChI=1S/C20H17ClN4O3S/c1-2-9-25-19(13-3-5-14(21)6-4-13)23-24-20(25)29-11-18(26)22-15-7-8-16-17(10-15)28-12-27-16/h2-8,10H,1,9,11-12H2,(H,22,26). The van der Waals surface area contributed by atoms with Crippen LogP contribution in [-0.2, 0) is 11.3 Å². The van der Waals surface area contributed by atoms with Crippen molar-refractivity contribution in [1.29, 1.82) is 0 Å². The van der Waals surface area contributed by atoms with Crippen molar-refractivity contribution in [2.24, 2.45) is 0 Å². The van der Waals surface area contributed by atoms with E-state index in [0.29, 0.717) is 39.7 Å². The molecule has 3 aromatic rings. The Balaban J connectivity index is 1.44. The molecule has 1 aromatic heterocycles. The van der Waals surface area contributed by atoms with Gasteiger partial charge in [-0.1, -0.05) is 29.4 Å². The Kier molecular flexibility index (Phi) is 5.73. The van der Waals surface area contributed by atoms with E-state index >= 15 is 0 Å². The maximum Gasteiger partial charge on any atom is 0.234 e. The van der Waals surface area contributed by atoms with Gasteiger partial charge < -0.3 is 14.8 Å². The van der Waals surface area contributed by atoms with E-state index in [9.17, 15) is 4.79 Å². The third-order valence-corrected chi connectivity index (χ3v) is 5.34. The van der Waals surface area contributed by atoms with Gasteiger partial charge in [-0.15, -0.1) is 16.8 Å². The minimum atomic E-state index is -0.157. The van der Waals surface area contributed by atoms with E-state index in [4.69, 9.17) is 21.1 Å². The maximum atomic E-state index is 12.4. The van der Waals surface area contributed by atoms with E-state index in [1.54, 1.807) is 36.4 Å². The number of fused-ring (bicyclic) bond motifs is 1. The number of halogens is 1. The van der Waals surface area contributed by atoms with Crippen molar-refractivity contribution in [2.45, 2.75) is 11.7 Å². The van der Waals surface area contributed by atoms with Crippen molar-refractivity contribution in [3.63, 3.8) is 0 Å². The molecule has 2 aromatic carbocycles. The van der Waals surface area contributed by atoms with Gasteiger partial charge >= 0.3 is 0 Å². The number of thioether (sulfide) groups is 1. The van der Waals surface area contributed by atoms with E-state index in [-0.39, 0.29) is 18.5 Å². The molecular formula is C20H17ClN4O3S. The van der Waals surface area contributed by atoms with Crippen LogP contribution >= 0.6 is 23.4 Å². The van der Waals surface area contributed by atoms with Gasteiger partial charge in [0.1, 0.15) is 0 Å². The fraction of sp³-hybridized carbons (Fsp3) is 0.150. The van der Waals surface area contributed by atoms with Gasteiger partial charge in [0, 0.05) is 28.9 Å². The van der Waals surface area contributed by atoms with Gasteiger partial charge in [0.25, 0.3) is 0 Å². The summed E-state index contributed by atoms with van der Waals surface area (Å²) in [5.74, 6) is 2.01. The van der Waals surface area contributed by atoms with Crippen molar-refractivity contribution in [2.75, 3.05) is 17.9 Å². The monoisotopic (exact) mass is 428 g/mol. The Bertz CT molecular complexity index is 1050. The number of amides is 1. The third kappa shape index (κ3) is 4.38. The molecule has 2 heterocycles. The molecule has 0 fully saturated rings. The van der Waals surface area contributed by atoms with Crippen LogP contribution in [0.3, 0.4) is 0 Å². The highest BCUT2D eigenvalue weighted by molar-refractivity contribution is 7.99. The summed E-state index contributed by atoms with van der Waals surface area (Å²) in [6.45, 7) is 4.51. The number of hydrogen-bond acceptors (Lipinski definition) is 6. The maximum absolute atomic E-state index is 12.4. The molecule has 7 nitrogen and oxygen atoms in total. The van der Waals surface area contributed by atoms with E-state index in [1.807, 2.05) is 16.7 Å². The van der Waals surface area contributed by atoms with Gasteiger partial charge in [0.05, 0.1) is 5.75 Å². The summed E-state index contributed by atoms with van der Waals surface area (Å²) in [5.41, 5.74) is 1.54. The number of benzene rings is 2. The summed E-state index contributed by atoms with van der Waals surface area (Å²) in [4.78, 5) is 12.4. The molecule has 4 rings (SSSR count). The van der Waals surface area contributed by atoms with Crippen LogP contribution < -0.4 is 14.8 Å². The second-order valence-electron chi connectivity index (χ2n) is 6.12. The fourth-order valence-electron chi connectivity index (χ4n) is 2.80. The highest BCUT2D eigenvalue weighted by atomic mass is 35.5. The number of allylic oxidation sites excluding steroid dienone is 1. The quantitative estimate of drug-likeness (QED) is 0.448. The first-order chi connectivity index (χ1) is 14.1. The van der Waals surface area contributed by atoms with Gasteiger partial charge in [-0.25, -0.2) is 0 Å². The first kappa shape index (κ1) is 19.4. The van der Waals surface area contributed by atoms with Crippen molar-refractivity contribution in [1.82, 2.24) is 14.8 Å². The van der Waals surface area contributed by atoms with E-state index < -0.39 is 0 Å². The summed E-state index contributed by atoms with van der Waals surface area (Å²) in [6.07, 6.45) is 1.76. The predicted molar refractivity (Wildman–Crippen MR) is 113 cm³/mol. The smallest absolute Gasteiger partial charge is 0.234 e. The topological polar surface area (TPSA) is 78.3 Å². The third-order valence-electron chi connectivity index (χ3n) is 4.12. The molecule has 0 unspecified atom stereocenters. The lowest BCUT2D eigenvalue weighted by atomic mass is 10.2. The normalized spacial score (nSPS) is 12.0. The van der Waals surface area contributed by atoms with Crippen LogP contribution in [0.4, 0.5) is 5.69 Å². The first-order valence-electron chi connectivity index (χ1n) is 8.76. The molecule has 1 amide bonds. The number of nitrogens with one attached hydrogen (secondary N) is 1.